The van der Waals surface area contributed by atoms with Crippen LogP contribution in [0, 0.1) is 24.7 Å². The standard InChI is InChI=1S/C36H38F3N7O2S/c1-22-7-5-8-23(2)31(22)28-14-30-43-33(42-28)44-49-27-10-6-9-24(13-27)32(47)46(25(19-48-30)15-35(11-12-35)36(37,38)39)18-29-40-16-26(17-41-29)45-20-34(3,4)21-45/h5-10,13-14,16-17,25H,11-12,15,18-21H2,1-4H3,(H,42,43,44)/t25-/m1/s1. The van der Waals surface area contributed by atoms with Gasteiger partial charge in [-0.1, -0.05) is 38.1 Å². The maximum absolute atomic E-state index is 14.5. The van der Waals surface area contributed by atoms with Crippen molar-refractivity contribution in [1.82, 2.24) is 24.8 Å². The summed E-state index contributed by atoms with van der Waals surface area (Å²) in [5.74, 6) is 0.364. The number of carbonyl (C=O) groups is 1. The SMILES string of the molecule is Cc1cccc(C)c1-c1cc2nc(n1)NSc1cccc(c1)C(=O)N(Cc1ncc(N3CC(C)(C)C3)cn1)[C@H](CC1(C(F)(F)F)CC1)CO2. The van der Waals surface area contributed by atoms with Crippen LogP contribution in [-0.2, 0) is 6.54 Å². The molecule has 1 aliphatic carbocycles. The van der Waals surface area contributed by atoms with Gasteiger partial charge in [0.05, 0.1) is 41.8 Å². The van der Waals surface area contributed by atoms with Crippen LogP contribution in [0.5, 0.6) is 5.88 Å². The smallest absolute Gasteiger partial charge is 0.394 e. The summed E-state index contributed by atoms with van der Waals surface area (Å²) in [6.07, 6.45) is -1.32. The molecule has 2 aliphatic heterocycles. The monoisotopic (exact) mass is 689 g/mol. The number of ether oxygens (including phenoxy) is 1. The van der Waals surface area contributed by atoms with E-state index in [-0.39, 0.29) is 49.7 Å². The van der Waals surface area contributed by atoms with Crippen molar-refractivity contribution in [2.45, 2.75) is 70.6 Å². The fourth-order valence-corrected chi connectivity index (χ4v) is 7.41. The van der Waals surface area contributed by atoms with Gasteiger partial charge in [0.2, 0.25) is 11.8 Å². The van der Waals surface area contributed by atoms with Crippen molar-refractivity contribution in [3.63, 3.8) is 0 Å². The summed E-state index contributed by atoms with van der Waals surface area (Å²) in [4.78, 5) is 37.1. The summed E-state index contributed by atoms with van der Waals surface area (Å²) in [7, 11) is 0. The molecule has 4 aromatic rings. The second-order valence-corrected chi connectivity index (χ2v) is 15.1. The molecular weight excluding hydrogens is 652 g/mol. The van der Waals surface area contributed by atoms with Crippen LogP contribution >= 0.6 is 11.9 Å². The minimum absolute atomic E-state index is 0.00316. The van der Waals surface area contributed by atoms with E-state index in [1.54, 1.807) is 36.7 Å². The van der Waals surface area contributed by atoms with Crippen LogP contribution in [-0.4, -0.2) is 62.7 Å². The van der Waals surface area contributed by atoms with Crippen molar-refractivity contribution in [3.8, 4) is 17.1 Å². The summed E-state index contributed by atoms with van der Waals surface area (Å²) in [5, 5.41) is 0. The third kappa shape index (κ3) is 6.90. The molecule has 49 heavy (non-hydrogen) atoms. The first-order valence-electron chi connectivity index (χ1n) is 16.3. The number of benzene rings is 2. The van der Waals surface area contributed by atoms with E-state index in [2.05, 4.69) is 38.4 Å². The van der Waals surface area contributed by atoms with Gasteiger partial charge in [-0.2, -0.15) is 18.2 Å². The molecule has 2 aromatic heterocycles. The van der Waals surface area contributed by atoms with E-state index >= 15 is 0 Å². The molecule has 1 atom stereocenters. The number of alkyl halides is 3. The summed E-state index contributed by atoms with van der Waals surface area (Å²) >= 11 is 1.23. The maximum atomic E-state index is 14.5. The number of aromatic nitrogens is 4. The van der Waals surface area contributed by atoms with Crippen molar-refractivity contribution >= 4 is 29.5 Å². The fourth-order valence-electron chi connectivity index (χ4n) is 6.78. The summed E-state index contributed by atoms with van der Waals surface area (Å²) in [5.41, 5.74) is 3.05. The Balaban J connectivity index is 1.28. The van der Waals surface area contributed by atoms with Crippen molar-refractivity contribution in [1.29, 1.82) is 0 Å². The van der Waals surface area contributed by atoms with Crippen LogP contribution in [0.4, 0.5) is 24.8 Å². The van der Waals surface area contributed by atoms with Crippen molar-refractivity contribution in [2.24, 2.45) is 10.8 Å². The molecule has 1 amide bonds. The number of rotatable bonds is 6. The Hall–Kier alpha value is -4.39. The van der Waals surface area contributed by atoms with Gasteiger partial charge in [0.1, 0.15) is 12.4 Å². The van der Waals surface area contributed by atoms with Crippen LogP contribution < -0.4 is 14.4 Å². The highest BCUT2D eigenvalue weighted by Gasteiger charge is 2.64. The normalized spacial score (nSPS) is 19.8. The van der Waals surface area contributed by atoms with Gasteiger partial charge in [0.15, 0.2) is 0 Å². The lowest BCUT2D eigenvalue weighted by Crippen LogP contribution is -2.53. The Morgan fingerprint density at radius 2 is 1.69 bits per heavy atom. The van der Waals surface area contributed by atoms with Crippen LogP contribution in [0.3, 0.4) is 0 Å². The van der Waals surface area contributed by atoms with Gasteiger partial charge >= 0.3 is 6.18 Å². The van der Waals surface area contributed by atoms with E-state index in [4.69, 9.17) is 9.72 Å². The largest absolute Gasteiger partial charge is 0.475 e. The number of hydrogen-bond donors (Lipinski definition) is 1. The van der Waals surface area contributed by atoms with E-state index in [9.17, 15) is 18.0 Å². The fraction of sp³-hybridized carbons (Fsp3) is 0.417. The molecule has 0 spiro atoms. The maximum Gasteiger partial charge on any atom is 0.394 e. The van der Waals surface area contributed by atoms with Gasteiger partial charge in [-0.3, -0.25) is 9.52 Å². The van der Waals surface area contributed by atoms with Crippen molar-refractivity contribution < 1.29 is 22.7 Å². The average molecular weight is 690 g/mol. The number of hydrogen-bond acceptors (Lipinski definition) is 9. The molecule has 1 N–H and O–H groups in total. The minimum atomic E-state index is -4.43. The molecule has 13 heteroatoms. The number of nitrogens with zero attached hydrogens (tertiary/aromatic N) is 6. The number of anilines is 2. The van der Waals surface area contributed by atoms with Gasteiger partial charge in [-0.15, -0.1) is 0 Å². The molecule has 2 aromatic carbocycles. The third-order valence-corrected chi connectivity index (χ3v) is 10.4. The highest BCUT2D eigenvalue weighted by Crippen LogP contribution is 2.61. The van der Waals surface area contributed by atoms with Crippen LogP contribution in [0.2, 0.25) is 0 Å². The average Bonchev–Trinajstić information content (AvgIpc) is 3.84. The Morgan fingerprint density at radius 1 is 1.00 bits per heavy atom. The zero-order chi connectivity index (χ0) is 34.6. The van der Waals surface area contributed by atoms with Crippen LogP contribution in [0.15, 0.2) is 65.8 Å². The summed E-state index contributed by atoms with van der Waals surface area (Å²) in [6, 6.07) is 13.6. The Kier molecular flexibility index (Phi) is 8.45. The van der Waals surface area contributed by atoms with Crippen LogP contribution in [0.1, 0.15) is 60.4 Å². The Bertz CT molecular complexity index is 1850. The first kappa shape index (κ1) is 33.1. The topological polar surface area (TPSA) is 96.4 Å². The molecule has 4 heterocycles. The van der Waals surface area contributed by atoms with Gasteiger partial charge in [0.25, 0.3) is 5.91 Å². The molecule has 3 aliphatic rings. The first-order valence-corrected chi connectivity index (χ1v) is 17.2. The number of halogens is 3. The lowest BCUT2D eigenvalue weighted by Gasteiger charge is -2.47. The molecule has 7 rings (SSSR count). The molecule has 1 saturated heterocycles. The van der Waals surface area contributed by atoms with Gasteiger partial charge in [0, 0.05) is 35.2 Å². The molecule has 4 bridgehead atoms. The van der Waals surface area contributed by atoms with Gasteiger partial charge in [-0.25, -0.2) is 15.0 Å². The van der Waals surface area contributed by atoms with E-state index in [0.717, 1.165) is 35.5 Å². The lowest BCUT2D eigenvalue weighted by atomic mass is 9.84. The second kappa shape index (κ2) is 12.5. The summed E-state index contributed by atoms with van der Waals surface area (Å²) < 4.78 is 52.8. The Morgan fingerprint density at radius 3 is 2.35 bits per heavy atom. The quantitative estimate of drug-likeness (QED) is 0.205. The molecule has 0 unspecified atom stereocenters. The predicted octanol–water partition coefficient (Wildman–Crippen LogP) is 7.65. The van der Waals surface area contributed by atoms with E-state index < -0.39 is 23.5 Å². The first-order chi connectivity index (χ1) is 23.3. The second-order valence-electron chi connectivity index (χ2n) is 14.2. The number of amides is 1. The molecule has 9 nitrogen and oxygen atoms in total. The number of fused-ring (bicyclic) bond motifs is 4. The molecular formula is C36H38F3N7O2S. The van der Waals surface area contributed by atoms with Crippen LogP contribution in [0.25, 0.3) is 11.3 Å². The molecule has 256 valence electrons. The number of nitrogens with one attached hydrogen (secondary N) is 1. The van der Waals surface area contributed by atoms with E-state index in [1.807, 2.05) is 38.1 Å². The minimum Gasteiger partial charge on any atom is -0.475 e. The predicted molar refractivity (Wildman–Crippen MR) is 182 cm³/mol. The van der Waals surface area contributed by atoms with E-state index in [0.29, 0.717) is 22.0 Å². The third-order valence-electron chi connectivity index (χ3n) is 9.59. The number of carbonyl (C=O) groups excluding carboxylic acids is 1. The lowest BCUT2D eigenvalue weighted by molar-refractivity contribution is -0.192. The Labute approximate surface area is 287 Å². The molecule has 2 fully saturated rings. The molecule has 1 saturated carbocycles. The van der Waals surface area contributed by atoms with Gasteiger partial charge in [-0.05, 0) is 79.8 Å². The van der Waals surface area contributed by atoms with Crippen molar-refractivity contribution in [2.75, 3.05) is 29.3 Å². The van der Waals surface area contributed by atoms with Crippen molar-refractivity contribution in [3.05, 3.63) is 83.4 Å². The number of aryl methyl sites for hydroxylation is 2. The zero-order valence-electron chi connectivity index (χ0n) is 27.8. The highest BCUT2D eigenvalue weighted by atomic mass is 32.2. The highest BCUT2D eigenvalue weighted by molar-refractivity contribution is 8.00. The zero-order valence-corrected chi connectivity index (χ0v) is 28.7. The van der Waals surface area contributed by atoms with Gasteiger partial charge < -0.3 is 14.5 Å². The molecule has 0 radical (unpaired) electrons. The summed E-state index contributed by atoms with van der Waals surface area (Å²) in [6.45, 7) is 9.80. The van der Waals surface area contributed by atoms with E-state index in [1.165, 1.54) is 16.8 Å².